The molecule has 0 spiro atoms. The quantitative estimate of drug-likeness (QED) is 0.837. The maximum Gasteiger partial charge on any atom is 0.0328 e. The van der Waals surface area contributed by atoms with Gasteiger partial charge in [-0.1, -0.05) is 50.5 Å². The van der Waals surface area contributed by atoms with Gasteiger partial charge in [0, 0.05) is 6.04 Å². The van der Waals surface area contributed by atoms with E-state index in [1.54, 1.807) is 5.56 Å². The molecule has 0 aliphatic heterocycles. The first-order valence-electron chi connectivity index (χ1n) is 7.62. The molecule has 3 atom stereocenters. The number of benzene rings is 1. The summed E-state index contributed by atoms with van der Waals surface area (Å²) in [5, 5.41) is 0. The van der Waals surface area contributed by atoms with Crippen molar-refractivity contribution in [2.24, 2.45) is 17.6 Å². The molecule has 2 aliphatic rings. The summed E-state index contributed by atoms with van der Waals surface area (Å²) in [5.74, 6) is 2.30. The number of hydrogen-bond donors (Lipinski definition) is 1. The van der Waals surface area contributed by atoms with Gasteiger partial charge in [0.25, 0.3) is 0 Å². The largest absolute Gasteiger partial charge is 0.324 e. The van der Waals surface area contributed by atoms with Crippen LogP contribution in [0.15, 0.2) is 24.3 Å². The standard InChI is InChI=1S/C17H25N/c1-12-6-4-11-14(12)17(18)16-10-3-2-9-15(16)13-7-5-8-13/h2-3,9-10,12-14,17H,4-8,11,18H2,1H3. The normalized spacial score (nSPS) is 30.1. The molecular weight excluding hydrogens is 218 g/mol. The van der Waals surface area contributed by atoms with Gasteiger partial charge < -0.3 is 5.73 Å². The van der Waals surface area contributed by atoms with Gasteiger partial charge in [0.2, 0.25) is 0 Å². The zero-order valence-electron chi connectivity index (χ0n) is 11.4. The fraction of sp³-hybridized carbons (Fsp3) is 0.647. The van der Waals surface area contributed by atoms with Crippen LogP contribution < -0.4 is 5.73 Å². The third-order valence-electron chi connectivity index (χ3n) is 5.29. The van der Waals surface area contributed by atoms with E-state index in [-0.39, 0.29) is 6.04 Å². The van der Waals surface area contributed by atoms with Crippen LogP contribution in [0.5, 0.6) is 0 Å². The van der Waals surface area contributed by atoms with Crippen LogP contribution in [0.2, 0.25) is 0 Å². The van der Waals surface area contributed by atoms with Gasteiger partial charge in [-0.15, -0.1) is 0 Å². The van der Waals surface area contributed by atoms with E-state index in [2.05, 4.69) is 31.2 Å². The van der Waals surface area contributed by atoms with Crippen molar-refractivity contribution in [3.05, 3.63) is 35.4 Å². The lowest BCUT2D eigenvalue weighted by Crippen LogP contribution is -2.25. The first kappa shape index (κ1) is 12.2. The highest BCUT2D eigenvalue weighted by Crippen LogP contribution is 2.44. The molecule has 1 aromatic rings. The third-order valence-corrected chi connectivity index (χ3v) is 5.29. The lowest BCUT2D eigenvalue weighted by Gasteiger charge is -2.32. The minimum Gasteiger partial charge on any atom is -0.324 e. The van der Waals surface area contributed by atoms with Gasteiger partial charge in [0.05, 0.1) is 0 Å². The summed E-state index contributed by atoms with van der Waals surface area (Å²) in [6.07, 6.45) is 8.18. The van der Waals surface area contributed by atoms with Crippen molar-refractivity contribution in [1.29, 1.82) is 0 Å². The first-order chi connectivity index (χ1) is 8.77. The third kappa shape index (κ3) is 2.09. The van der Waals surface area contributed by atoms with E-state index in [4.69, 9.17) is 5.73 Å². The Hall–Kier alpha value is -0.820. The molecule has 0 radical (unpaired) electrons. The summed E-state index contributed by atoms with van der Waals surface area (Å²) < 4.78 is 0. The Kier molecular flexibility index (Phi) is 3.43. The molecule has 0 aromatic heterocycles. The monoisotopic (exact) mass is 243 g/mol. The highest BCUT2D eigenvalue weighted by molar-refractivity contribution is 5.34. The molecule has 1 heteroatoms. The van der Waals surface area contributed by atoms with Crippen LogP contribution in [0.3, 0.4) is 0 Å². The molecule has 1 aromatic carbocycles. The van der Waals surface area contributed by atoms with Gasteiger partial charge in [0.15, 0.2) is 0 Å². The average molecular weight is 243 g/mol. The molecule has 3 rings (SSSR count). The Bertz CT molecular complexity index is 408. The van der Waals surface area contributed by atoms with Gasteiger partial charge in [0.1, 0.15) is 0 Å². The molecule has 2 saturated carbocycles. The second-order valence-corrected chi connectivity index (χ2v) is 6.35. The predicted molar refractivity (Wildman–Crippen MR) is 76.5 cm³/mol. The summed E-state index contributed by atoms with van der Waals surface area (Å²) in [5.41, 5.74) is 9.60. The summed E-state index contributed by atoms with van der Waals surface area (Å²) in [6.45, 7) is 2.38. The Morgan fingerprint density at radius 1 is 1.06 bits per heavy atom. The van der Waals surface area contributed by atoms with Gasteiger partial charge in [-0.3, -0.25) is 0 Å². The summed E-state index contributed by atoms with van der Waals surface area (Å²) in [4.78, 5) is 0. The molecule has 98 valence electrons. The molecular formula is C17H25N. The minimum absolute atomic E-state index is 0.263. The maximum absolute atomic E-state index is 6.61. The fourth-order valence-electron chi connectivity index (χ4n) is 3.84. The van der Waals surface area contributed by atoms with Gasteiger partial charge in [-0.25, -0.2) is 0 Å². The minimum atomic E-state index is 0.263. The number of hydrogen-bond acceptors (Lipinski definition) is 1. The summed E-state index contributed by atoms with van der Waals surface area (Å²) in [7, 11) is 0. The van der Waals surface area contributed by atoms with Crippen molar-refractivity contribution in [2.75, 3.05) is 0 Å². The molecule has 2 N–H and O–H groups in total. The van der Waals surface area contributed by atoms with Crippen molar-refractivity contribution in [3.8, 4) is 0 Å². The smallest absolute Gasteiger partial charge is 0.0328 e. The lowest BCUT2D eigenvalue weighted by molar-refractivity contribution is 0.343. The molecule has 2 fully saturated rings. The first-order valence-corrected chi connectivity index (χ1v) is 7.62. The highest BCUT2D eigenvalue weighted by atomic mass is 14.7. The van der Waals surface area contributed by atoms with Crippen LogP contribution >= 0.6 is 0 Å². The molecule has 0 amide bonds. The van der Waals surface area contributed by atoms with E-state index >= 15 is 0 Å². The van der Waals surface area contributed by atoms with Crippen LogP contribution in [-0.2, 0) is 0 Å². The second kappa shape index (κ2) is 5.05. The van der Waals surface area contributed by atoms with Crippen LogP contribution in [0.1, 0.15) is 68.5 Å². The van der Waals surface area contributed by atoms with Crippen LogP contribution in [-0.4, -0.2) is 0 Å². The number of nitrogens with two attached hydrogens (primary N) is 1. The number of rotatable bonds is 3. The molecule has 1 nitrogen and oxygen atoms in total. The zero-order chi connectivity index (χ0) is 12.5. The van der Waals surface area contributed by atoms with E-state index in [0.717, 1.165) is 11.8 Å². The molecule has 0 heterocycles. The Morgan fingerprint density at radius 2 is 1.78 bits per heavy atom. The van der Waals surface area contributed by atoms with Crippen molar-refractivity contribution in [1.82, 2.24) is 0 Å². The van der Waals surface area contributed by atoms with E-state index < -0.39 is 0 Å². The molecule has 3 unspecified atom stereocenters. The van der Waals surface area contributed by atoms with Gasteiger partial charge in [-0.2, -0.15) is 0 Å². The van der Waals surface area contributed by atoms with Crippen molar-refractivity contribution in [2.45, 2.75) is 57.4 Å². The zero-order valence-corrected chi connectivity index (χ0v) is 11.4. The van der Waals surface area contributed by atoms with E-state index in [1.165, 1.54) is 44.1 Å². The average Bonchev–Trinajstić information content (AvgIpc) is 2.73. The Balaban J connectivity index is 1.86. The Labute approximate surface area is 111 Å². The van der Waals surface area contributed by atoms with Crippen molar-refractivity contribution in [3.63, 3.8) is 0 Å². The van der Waals surface area contributed by atoms with Crippen LogP contribution in [0.25, 0.3) is 0 Å². The molecule has 18 heavy (non-hydrogen) atoms. The molecule has 0 bridgehead atoms. The van der Waals surface area contributed by atoms with Crippen LogP contribution in [0, 0.1) is 11.8 Å². The predicted octanol–water partition coefficient (Wildman–Crippen LogP) is 4.39. The van der Waals surface area contributed by atoms with Crippen molar-refractivity contribution < 1.29 is 0 Å². The van der Waals surface area contributed by atoms with Crippen molar-refractivity contribution >= 4 is 0 Å². The van der Waals surface area contributed by atoms with Gasteiger partial charge >= 0.3 is 0 Å². The Morgan fingerprint density at radius 3 is 2.39 bits per heavy atom. The fourth-order valence-corrected chi connectivity index (χ4v) is 3.84. The molecule has 0 saturated heterocycles. The van der Waals surface area contributed by atoms with E-state index in [9.17, 15) is 0 Å². The SMILES string of the molecule is CC1CCCC1C(N)c1ccccc1C1CCC1. The van der Waals surface area contributed by atoms with E-state index in [0.29, 0.717) is 5.92 Å². The van der Waals surface area contributed by atoms with Gasteiger partial charge in [-0.05, 0) is 48.1 Å². The second-order valence-electron chi connectivity index (χ2n) is 6.35. The van der Waals surface area contributed by atoms with E-state index in [1.807, 2.05) is 0 Å². The lowest BCUT2D eigenvalue weighted by atomic mass is 9.75. The highest BCUT2D eigenvalue weighted by Gasteiger charge is 2.32. The van der Waals surface area contributed by atoms with Crippen LogP contribution in [0.4, 0.5) is 0 Å². The maximum atomic E-state index is 6.61. The summed E-state index contributed by atoms with van der Waals surface area (Å²) >= 11 is 0. The molecule has 2 aliphatic carbocycles. The topological polar surface area (TPSA) is 26.0 Å². The summed E-state index contributed by atoms with van der Waals surface area (Å²) in [6, 6.07) is 9.21.